The van der Waals surface area contributed by atoms with Crippen LogP contribution in [-0.4, -0.2) is 40.0 Å². The minimum absolute atomic E-state index is 0.0457. The lowest BCUT2D eigenvalue weighted by Gasteiger charge is -2.31. The Morgan fingerprint density at radius 2 is 1.83 bits per heavy atom. The quantitative estimate of drug-likeness (QED) is 0.835. The largest absolute Gasteiger partial charge is 0.460 e. The van der Waals surface area contributed by atoms with Crippen LogP contribution in [0.25, 0.3) is 0 Å². The van der Waals surface area contributed by atoms with Gasteiger partial charge in [-0.05, 0) is 12.0 Å². The fourth-order valence-electron chi connectivity index (χ4n) is 2.79. The van der Waals surface area contributed by atoms with Crippen molar-refractivity contribution in [3.63, 3.8) is 0 Å². The second kappa shape index (κ2) is 8.11. The van der Waals surface area contributed by atoms with Gasteiger partial charge in [-0.3, -0.25) is 4.79 Å². The molecule has 0 N–H and O–H groups in total. The van der Waals surface area contributed by atoms with E-state index in [1.165, 1.54) is 18.0 Å². The number of carbonyl (C=O) groups is 1. The molecule has 0 radical (unpaired) electrons. The lowest BCUT2D eigenvalue weighted by molar-refractivity contribution is -0.133. The highest BCUT2D eigenvalue weighted by Gasteiger charge is 2.24. The smallest absolute Gasteiger partial charge is 0.316 e. The van der Waals surface area contributed by atoms with Crippen LogP contribution in [0.5, 0.6) is 6.01 Å². The standard InChI is InChI=1S/C18H20ClN3O2/c19-15-12-20-18(21-13-15)24-16-8-10-22(11-9-16)17(23)7-6-14-4-2-1-3-5-14/h1-5,12-13,16H,6-11H2. The minimum Gasteiger partial charge on any atom is -0.460 e. The van der Waals surface area contributed by atoms with E-state index >= 15 is 0 Å². The van der Waals surface area contributed by atoms with Crippen molar-refractivity contribution in [1.82, 2.24) is 14.9 Å². The van der Waals surface area contributed by atoms with Crippen molar-refractivity contribution in [3.8, 4) is 6.01 Å². The lowest BCUT2D eigenvalue weighted by Crippen LogP contribution is -2.42. The summed E-state index contributed by atoms with van der Waals surface area (Å²) in [5.74, 6) is 0.208. The van der Waals surface area contributed by atoms with Crippen molar-refractivity contribution in [1.29, 1.82) is 0 Å². The fraction of sp³-hybridized carbons (Fsp3) is 0.389. The summed E-state index contributed by atoms with van der Waals surface area (Å²) >= 11 is 5.76. The highest BCUT2D eigenvalue weighted by molar-refractivity contribution is 6.30. The topological polar surface area (TPSA) is 55.3 Å². The van der Waals surface area contributed by atoms with E-state index in [1.807, 2.05) is 23.1 Å². The van der Waals surface area contributed by atoms with Crippen molar-refractivity contribution in [2.45, 2.75) is 31.8 Å². The first-order valence-corrected chi connectivity index (χ1v) is 8.54. The molecule has 2 heterocycles. The zero-order chi connectivity index (χ0) is 16.8. The third-order valence-corrected chi connectivity index (χ3v) is 4.33. The molecule has 0 atom stereocenters. The number of nitrogens with zero attached hydrogens (tertiary/aromatic N) is 3. The van der Waals surface area contributed by atoms with E-state index in [1.54, 1.807) is 0 Å². The fourth-order valence-corrected chi connectivity index (χ4v) is 2.89. The average molecular weight is 346 g/mol. The zero-order valence-corrected chi connectivity index (χ0v) is 14.2. The third-order valence-electron chi connectivity index (χ3n) is 4.13. The lowest BCUT2D eigenvalue weighted by atomic mass is 10.1. The van der Waals surface area contributed by atoms with Gasteiger partial charge in [0.25, 0.3) is 0 Å². The Morgan fingerprint density at radius 3 is 2.50 bits per heavy atom. The van der Waals surface area contributed by atoms with E-state index in [4.69, 9.17) is 16.3 Å². The van der Waals surface area contributed by atoms with Crippen LogP contribution in [0.1, 0.15) is 24.8 Å². The second-order valence-electron chi connectivity index (χ2n) is 5.87. The number of carbonyl (C=O) groups excluding carboxylic acids is 1. The van der Waals surface area contributed by atoms with Gasteiger partial charge in [0.2, 0.25) is 5.91 Å². The predicted octanol–water partition coefficient (Wildman–Crippen LogP) is 3.13. The molecule has 1 fully saturated rings. The van der Waals surface area contributed by atoms with Gasteiger partial charge in [0.1, 0.15) is 6.10 Å². The van der Waals surface area contributed by atoms with Crippen LogP contribution in [0, 0.1) is 0 Å². The second-order valence-corrected chi connectivity index (χ2v) is 6.30. The van der Waals surface area contributed by atoms with Gasteiger partial charge in [0, 0.05) is 32.4 Å². The Labute approximate surface area is 146 Å². The summed E-state index contributed by atoms with van der Waals surface area (Å²) in [6, 6.07) is 10.4. The summed E-state index contributed by atoms with van der Waals surface area (Å²) in [7, 11) is 0. The van der Waals surface area contributed by atoms with Gasteiger partial charge in [-0.2, -0.15) is 0 Å². The number of halogens is 1. The summed E-state index contributed by atoms with van der Waals surface area (Å²) in [6.45, 7) is 1.43. The number of rotatable bonds is 5. The van der Waals surface area contributed by atoms with Crippen molar-refractivity contribution in [3.05, 3.63) is 53.3 Å². The maximum Gasteiger partial charge on any atom is 0.316 e. The van der Waals surface area contributed by atoms with Crippen molar-refractivity contribution >= 4 is 17.5 Å². The molecule has 24 heavy (non-hydrogen) atoms. The summed E-state index contributed by atoms with van der Waals surface area (Å²) in [4.78, 5) is 22.3. The molecular weight excluding hydrogens is 326 g/mol. The maximum absolute atomic E-state index is 12.3. The molecule has 126 valence electrons. The van der Waals surface area contributed by atoms with E-state index < -0.39 is 0 Å². The highest BCUT2D eigenvalue weighted by atomic mass is 35.5. The number of hydrogen-bond acceptors (Lipinski definition) is 4. The van der Waals surface area contributed by atoms with Crippen LogP contribution in [0.3, 0.4) is 0 Å². The molecule has 3 rings (SSSR count). The molecule has 1 aliphatic heterocycles. The molecule has 0 aliphatic carbocycles. The molecule has 1 saturated heterocycles. The number of amides is 1. The Hall–Kier alpha value is -2.14. The molecule has 1 aromatic heterocycles. The van der Waals surface area contributed by atoms with Crippen LogP contribution in [0.15, 0.2) is 42.7 Å². The molecule has 1 amide bonds. The summed E-state index contributed by atoms with van der Waals surface area (Å²) in [5.41, 5.74) is 1.20. The van der Waals surface area contributed by atoms with Gasteiger partial charge in [0.05, 0.1) is 17.4 Å². The number of hydrogen-bond donors (Lipinski definition) is 0. The van der Waals surface area contributed by atoms with Crippen molar-refractivity contribution in [2.24, 2.45) is 0 Å². The first kappa shape index (κ1) is 16.7. The molecule has 1 aliphatic rings. The Balaban J connectivity index is 1.42. The Bertz CT molecular complexity index is 656. The normalized spacial score (nSPS) is 15.3. The van der Waals surface area contributed by atoms with E-state index in [-0.39, 0.29) is 12.0 Å². The first-order chi connectivity index (χ1) is 11.7. The van der Waals surface area contributed by atoms with E-state index in [2.05, 4.69) is 22.1 Å². The van der Waals surface area contributed by atoms with E-state index in [9.17, 15) is 4.79 Å². The summed E-state index contributed by atoms with van der Waals surface area (Å²) < 4.78 is 5.75. The van der Waals surface area contributed by atoms with Gasteiger partial charge < -0.3 is 9.64 Å². The molecule has 0 unspecified atom stereocenters. The number of aryl methyl sites for hydroxylation is 1. The Kier molecular flexibility index (Phi) is 5.64. The van der Waals surface area contributed by atoms with Crippen LogP contribution < -0.4 is 4.74 Å². The highest BCUT2D eigenvalue weighted by Crippen LogP contribution is 2.17. The first-order valence-electron chi connectivity index (χ1n) is 8.16. The Morgan fingerprint density at radius 1 is 1.17 bits per heavy atom. The number of ether oxygens (including phenoxy) is 1. The SMILES string of the molecule is O=C(CCc1ccccc1)N1CCC(Oc2ncc(Cl)cn2)CC1. The molecule has 6 heteroatoms. The molecule has 0 bridgehead atoms. The van der Waals surface area contributed by atoms with Gasteiger partial charge in [-0.1, -0.05) is 41.9 Å². The number of benzene rings is 1. The van der Waals surface area contributed by atoms with Crippen molar-refractivity contribution in [2.75, 3.05) is 13.1 Å². The van der Waals surface area contributed by atoms with Gasteiger partial charge in [-0.25, -0.2) is 9.97 Å². The zero-order valence-electron chi connectivity index (χ0n) is 13.4. The molecular formula is C18H20ClN3O2. The maximum atomic E-state index is 12.3. The summed E-state index contributed by atoms with van der Waals surface area (Å²) in [5, 5.41) is 0.487. The van der Waals surface area contributed by atoms with Gasteiger partial charge in [0.15, 0.2) is 0 Å². The minimum atomic E-state index is 0.0457. The molecule has 0 saturated carbocycles. The van der Waals surface area contributed by atoms with Crippen LogP contribution in [-0.2, 0) is 11.2 Å². The van der Waals surface area contributed by atoms with Crippen molar-refractivity contribution < 1.29 is 9.53 Å². The molecule has 0 spiro atoms. The predicted molar refractivity (Wildman–Crippen MR) is 92.0 cm³/mol. The monoisotopic (exact) mass is 345 g/mol. The van der Waals surface area contributed by atoms with E-state index in [0.717, 1.165) is 19.3 Å². The summed E-state index contributed by atoms with van der Waals surface area (Å²) in [6.07, 6.45) is 6.01. The third kappa shape index (κ3) is 4.68. The van der Waals surface area contributed by atoms with Crippen LogP contribution in [0.2, 0.25) is 5.02 Å². The molecule has 5 nitrogen and oxygen atoms in total. The molecule has 1 aromatic carbocycles. The number of likely N-dealkylation sites (tertiary alicyclic amines) is 1. The van der Waals surface area contributed by atoms with Crippen LogP contribution >= 0.6 is 11.6 Å². The van der Waals surface area contributed by atoms with Gasteiger partial charge in [-0.15, -0.1) is 0 Å². The average Bonchev–Trinajstić information content (AvgIpc) is 2.63. The number of aromatic nitrogens is 2. The van der Waals surface area contributed by atoms with Gasteiger partial charge >= 0.3 is 6.01 Å². The van der Waals surface area contributed by atoms with E-state index in [0.29, 0.717) is 30.5 Å². The molecule has 2 aromatic rings. The number of piperidine rings is 1. The van der Waals surface area contributed by atoms with Crippen LogP contribution in [0.4, 0.5) is 0 Å².